The molecule has 2 aliphatic carbocycles. The van der Waals surface area contributed by atoms with Gasteiger partial charge >= 0.3 is 6.09 Å². The molecule has 3 aliphatic rings. The van der Waals surface area contributed by atoms with Gasteiger partial charge in [-0.05, 0) is 88.5 Å². The van der Waals surface area contributed by atoms with Crippen LogP contribution >= 0.6 is 0 Å². The van der Waals surface area contributed by atoms with Crippen molar-refractivity contribution in [3.8, 4) is 0 Å². The highest BCUT2D eigenvalue weighted by Gasteiger charge is 2.49. The highest BCUT2D eigenvalue weighted by atomic mass is 19.1. The molecule has 190 valence electrons. The number of hydrogen-bond acceptors (Lipinski definition) is 3. The van der Waals surface area contributed by atoms with E-state index in [1.165, 1.54) is 24.1 Å². The number of nitrogens with zero attached hydrogens (tertiary/aromatic N) is 1. The first kappa shape index (κ1) is 24.1. The van der Waals surface area contributed by atoms with Gasteiger partial charge in [0.15, 0.2) is 0 Å². The number of carbonyl (C=O) groups is 2. The van der Waals surface area contributed by atoms with Crippen LogP contribution in [-0.4, -0.2) is 46.1 Å². The maximum Gasteiger partial charge on any atom is 0.408 e. The molecule has 7 heteroatoms. The predicted molar refractivity (Wildman–Crippen MR) is 134 cm³/mol. The number of ether oxygens (including phenoxy) is 1. The van der Waals surface area contributed by atoms with Gasteiger partial charge in [-0.25, -0.2) is 9.18 Å². The molecular weight excluding hydrogens is 445 g/mol. The molecule has 3 fully saturated rings. The van der Waals surface area contributed by atoms with Crippen LogP contribution in [0.2, 0.25) is 0 Å². The normalized spacial score (nSPS) is 26.1. The summed E-state index contributed by atoms with van der Waals surface area (Å²) in [5.41, 5.74) is 1.35. The number of aromatic nitrogens is 1. The number of amides is 2. The third-order valence-corrected chi connectivity index (χ3v) is 8.26. The largest absolute Gasteiger partial charge is 0.444 e. The fourth-order valence-corrected chi connectivity index (χ4v) is 6.79. The first-order chi connectivity index (χ1) is 16.7. The second kappa shape index (κ2) is 9.47. The van der Waals surface area contributed by atoms with Gasteiger partial charge in [0, 0.05) is 35.6 Å². The summed E-state index contributed by atoms with van der Waals surface area (Å²) >= 11 is 0. The van der Waals surface area contributed by atoms with Crippen LogP contribution in [0.4, 0.5) is 9.18 Å². The number of aromatic amines is 1. The Morgan fingerprint density at radius 2 is 1.89 bits per heavy atom. The van der Waals surface area contributed by atoms with Crippen molar-refractivity contribution in [3.63, 3.8) is 0 Å². The zero-order valence-corrected chi connectivity index (χ0v) is 21.1. The van der Waals surface area contributed by atoms with E-state index in [1.807, 2.05) is 33.0 Å². The zero-order valence-electron chi connectivity index (χ0n) is 21.1. The van der Waals surface area contributed by atoms with Gasteiger partial charge in [0.2, 0.25) is 5.91 Å². The van der Waals surface area contributed by atoms with Crippen molar-refractivity contribution in [2.75, 3.05) is 6.54 Å². The lowest BCUT2D eigenvalue weighted by Crippen LogP contribution is -2.55. The van der Waals surface area contributed by atoms with Crippen molar-refractivity contribution in [2.45, 2.75) is 95.7 Å². The molecule has 0 spiro atoms. The smallest absolute Gasteiger partial charge is 0.408 e. The third-order valence-electron chi connectivity index (χ3n) is 8.26. The minimum Gasteiger partial charge on any atom is -0.444 e. The number of rotatable bonds is 4. The Morgan fingerprint density at radius 3 is 2.63 bits per heavy atom. The van der Waals surface area contributed by atoms with Crippen LogP contribution in [0.25, 0.3) is 10.9 Å². The molecule has 1 aromatic carbocycles. The molecule has 2 heterocycles. The van der Waals surface area contributed by atoms with Crippen molar-refractivity contribution in [1.29, 1.82) is 0 Å². The third kappa shape index (κ3) is 4.91. The summed E-state index contributed by atoms with van der Waals surface area (Å²) in [4.78, 5) is 32.1. The Kier molecular flexibility index (Phi) is 6.53. The summed E-state index contributed by atoms with van der Waals surface area (Å²) in [7, 11) is 0. The van der Waals surface area contributed by atoms with E-state index in [2.05, 4.69) is 15.2 Å². The SMILES string of the molecule is CC(C)(C)OC(=O)N[C@H](C(=O)N1CC[C@H]2CC[C@H](c3c[nH]c4cc(F)ccc34)[C@H]21)C1CCCCC1. The van der Waals surface area contributed by atoms with Gasteiger partial charge in [-0.15, -0.1) is 0 Å². The van der Waals surface area contributed by atoms with Gasteiger partial charge in [0.1, 0.15) is 17.5 Å². The topological polar surface area (TPSA) is 74.4 Å². The molecule has 1 aromatic heterocycles. The second-order valence-electron chi connectivity index (χ2n) is 11.7. The van der Waals surface area contributed by atoms with Crippen LogP contribution in [0.3, 0.4) is 0 Å². The molecule has 4 atom stereocenters. The Balaban J connectivity index is 1.41. The van der Waals surface area contributed by atoms with E-state index >= 15 is 0 Å². The maximum absolute atomic E-state index is 14.1. The fraction of sp³-hybridized carbons (Fsp3) is 0.643. The van der Waals surface area contributed by atoms with Gasteiger partial charge in [-0.2, -0.15) is 0 Å². The van der Waals surface area contributed by atoms with Gasteiger partial charge in [0.05, 0.1) is 0 Å². The number of H-pyrrole nitrogens is 1. The fourth-order valence-electron chi connectivity index (χ4n) is 6.79. The van der Waals surface area contributed by atoms with E-state index < -0.39 is 17.7 Å². The van der Waals surface area contributed by atoms with Crippen molar-refractivity contribution in [2.24, 2.45) is 11.8 Å². The lowest BCUT2D eigenvalue weighted by Gasteiger charge is -2.36. The molecule has 2 amide bonds. The molecule has 2 aromatic rings. The Bertz CT molecular complexity index is 1080. The molecule has 0 unspecified atom stereocenters. The van der Waals surface area contributed by atoms with Crippen molar-refractivity contribution in [3.05, 3.63) is 35.8 Å². The summed E-state index contributed by atoms with van der Waals surface area (Å²) in [6, 6.07) is 4.44. The maximum atomic E-state index is 14.1. The molecule has 2 N–H and O–H groups in total. The van der Waals surface area contributed by atoms with Crippen LogP contribution in [0, 0.1) is 17.7 Å². The molecule has 0 bridgehead atoms. The van der Waals surface area contributed by atoms with Crippen molar-refractivity contribution < 1.29 is 18.7 Å². The first-order valence-corrected chi connectivity index (χ1v) is 13.3. The zero-order chi connectivity index (χ0) is 24.7. The Hall–Kier alpha value is -2.57. The number of alkyl carbamates (subject to hydrolysis) is 1. The predicted octanol–water partition coefficient (Wildman–Crippen LogP) is 5.88. The summed E-state index contributed by atoms with van der Waals surface area (Å²) < 4.78 is 19.3. The van der Waals surface area contributed by atoms with Gasteiger partial charge in [0.25, 0.3) is 0 Å². The number of likely N-dealkylation sites (tertiary alicyclic amines) is 1. The lowest BCUT2D eigenvalue weighted by molar-refractivity contribution is -0.136. The number of nitrogens with one attached hydrogen (secondary N) is 2. The molecule has 1 saturated heterocycles. The highest BCUT2D eigenvalue weighted by Crippen LogP contribution is 2.48. The number of benzene rings is 1. The van der Waals surface area contributed by atoms with E-state index in [1.54, 1.807) is 0 Å². The summed E-state index contributed by atoms with van der Waals surface area (Å²) in [5.74, 6) is 0.588. The van der Waals surface area contributed by atoms with Crippen molar-refractivity contribution in [1.82, 2.24) is 15.2 Å². The van der Waals surface area contributed by atoms with Gasteiger partial charge in [-0.3, -0.25) is 4.79 Å². The Labute approximate surface area is 207 Å². The van der Waals surface area contributed by atoms with Crippen LogP contribution in [-0.2, 0) is 9.53 Å². The van der Waals surface area contributed by atoms with Gasteiger partial charge in [-0.1, -0.05) is 19.3 Å². The number of fused-ring (bicyclic) bond motifs is 2. The van der Waals surface area contributed by atoms with E-state index in [4.69, 9.17) is 4.74 Å². The lowest BCUT2D eigenvalue weighted by atomic mass is 9.83. The number of halogens is 1. The standard InChI is InChI=1S/C28H38FN3O3/c1-28(2,3)35-27(34)31-24(17-7-5-4-6-8-17)26(33)32-14-13-18-9-11-21(25(18)32)22-16-30-23-15-19(29)10-12-20(22)23/h10,12,15-18,21,24-25,30H,4-9,11,13-14H2,1-3H3,(H,31,34)/t18-,21-,24+,25+/m1/s1. The molecule has 35 heavy (non-hydrogen) atoms. The van der Waals surface area contributed by atoms with Gasteiger partial charge < -0.3 is 19.9 Å². The summed E-state index contributed by atoms with van der Waals surface area (Å²) in [6.07, 6.45) is 9.83. The second-order valence-corrected chi connectivity index (χ2v) is 11.7. The van der Waals surface area contributed by atoms with E-state index in [0.717, 1.165) is 62.4 Å². The minimum atomic E-state index is -0.617. The molecule has 0 radical (unpaired) electrons. The monoisotopic (exact) mass is 483 g/mol. The molecule has 5 rings (SSSR count). The molecule has 6 nitrogen and oxygen atoms in total. The molecule has 1 aliphatic heterocycles. The summed E-state index contributed by atoms with van der Waals surface area (Å²) in [6.45, 7) is 6.24. The average molecular weight is 484 g/mol. The highest BCUT2D eigenvalue weighted by molar-refractivity contribution is 5.87. The number of carbonyl (C=O) groups excluding carboxylic acids is 2. The molecular formula is C28H38FN3O3. The quantitative estimate of drug-likeness (QED) is 0.571. The Morgan fingerprint density at radius 1 is 1.11 bits per heavy atom. The van der Waals surface area contributed by atoms with E-state index in [0.29, 0.717) is 5.92 Å². The first-order valence-electron chi connectivity index (χ1n) is 13.3. The van der Waals surface area contributed by atoms with Crippen molar-refractivity contribution >= 4 is 22.9 Å². The average Bonchev–Trinajstić information content (AvgIpc) is 3.51. The van der Waals surface area contributed by atoms with Crippen LogP contribution in [0.5, 0.6) is 0 Å². The van der Waals surface area contributed by atoms with Crippen LogP contribution in [0.15, 0.2) is 24.4 Å². The summed E-state index contributed by atoms with van der Waals surface area (Å²) in [5, 5.41) is 4.02. The number of hydrogen-bond donors (Lipinski definition) is 2. The van der Waals surface area contributed by atoms with Crippen LogP contribution < -0.4 is 5.32 Å². The van der Waals surface area contributed by atoms with E-state index in [-0.39, 0.29) is 29.6 Å². The molecule has 2 saturated carbocycles. The van der Waals surface area contributed by atoms with Crippen LogP contribution in [0.1, 0.15) is 83.6 Å². The minimum absolute atomic E-state index is 0.0352. The van der Waals surface area contributed by atoms with E-state index in [9.17, 15) is 14.0 Å².